The Labute approximate surface area is 94.1 Å². The molecule has 16 heavy (non-hydrogen) atoms. The zero-order valence-corrected chi connectivity index (χ0v) is 9.36. The molecule has 0 aliphatic carbocycles. The number of carbonyl (C=O) groups excluding carboxylic acids is 1. The first-order chi connectivity index (χ1) is 7.72. The smallest absolute Gasteiger partial charge is 0.141 e. The van der Waals surface area contributed by atoms with E-state index in [-0.39, 0.29) is 0 Å². The van der Waals surface area contributed by atoms with Crippen molar-refractivity contribution in [2.75, 3.05) is 0 Å². The number of carbonyl (C=O) groups is 1. The van der Waals surface area contributed by atoms with Crippen LogP contribution >= 0.6 is 0 Å². The third kappa shape index (κ3) is 1.89. The summed E-state index contributed by atoms with van der Waals surface area (Å²) in [5.74, 6) is 0.820. The van der Waals surface area contributed by atoms with E-state index >= 15 is 0 Å². The molecule has 1 aromatic carbocycles. The summed E-state index contributed by atoms with van der Waals surface area (Å²) in [5, 5.41) is 3.92. The van der Waals surface area contributed by atoms with Crippen molar-refractivity contribution in [2.45, 2.75) is 20.3 Å². The van der Waals surface area contributed by atoms with Crippen LogP contribution in [0.3, 0.4) is 0 Å². The van der Waals surface area contributed by atoms with Gasteiger partial charge in [-0.1, -0.05) is 29.4 Å². The summed E-state index contributed by atoms with van der Waals surface area (Å²) < 4.78 is 5.12. The Morgan fingerprint density at radius 3 is 2.44 bits per heavy atom. The first kappa shape index (κ1) is 10.6. The summed E-state index contributed by atoms with van der Waals surface area (Å²) >= 11 is 0. The molecule has 1 aromatic heterocycles. The van der Waals surface area contributed by atoms with Gasteiger partial charge in [0.2, 0.25) is 0 Å². The largest absolute Gasteiger partial charge is 0.361 e. The van der Waals surface area contributed by atoms with Gasteiger partial charge in [0.1, 0.15) is 12.0 Å². The molecule has 0 radical (unpaired) electrons. The second-order valence-corrected chi connectivity index (χ2v) is 3.77. The summed E-state index contributed by atoms with van der Waals surface area (Å²) in [5.41, 5.74) is 4.02. The van der Waals surface area contributed by atoms with Gasteiger partial charge in [-0.25, -0.2) is 0 Å². The van der Waals surface area contributed by atoms with Crippen molar-refractivity contribution in [1.82, 2.24) is 5.16 Å². The predicted octanol–water partition coefficient (Wildman–Crippen LogP) is 2.70. The number of aldehydes is 1. The van der Waals surface area contributed by atoms with E-state index in [1.165, 1.54) is 0 Å². The van der Waals surface area contributed by atoms with Crippen molar-refractivity contribution in [2.24, 2.45) is 0 Å². The molecule has 0 fully saturated rings. The monoisotopic (exact) mass is 215 g/mol. The first-order valence-corrected chi connectivity index (χ1v) is 5.18. The molecule has 0 N–H and O–H groups in total. The molecular weight excluding hydrogens is 202 g/mol. The Kier molecular flexibility index (Phi) is 2.86. The minimum atomic E-state index is 0.460. The molecule has 0 saturated heterocycles. The lowest BCUT2D eigenvalue weighted by atomic mass is 10.0. The van der Waals surface area contributed by atoms with E-state index in [1.54, 1.807) is 0 Å². The van der Waals surface area contributed by atoms with Crippen molar-refractivity contribution in [3.8, 4) is 11.1 Å². The molecule has 0 amide bonds. The van der Waals surface area contributed by atoms with Crippen molar-refractivity contribution in [3.05, 3.63) is 41.3 Å². The van der Waals surface area contributed by atoms with E-state index in [9.17, 15) is 4.79 Å². The number of hydrogen-bond acceptors (Lipinski definition) is 3. The topological polar surface area (TPSA) is 43.1 Å². The zero-order valence-electron chi connectivity index (χ0n) is 9.36. The van der Waals surface area contributed by atoms with Gasteiger partial charge < -0.3 is 9.32 Å². The maximum atomic E-state index is 10.4. The molecule has 0 aliphatic rings. The van der Waals surface area contributed by atoms with Crippen LogP contribution in [0.1, 0.15) is 17.0 Å². The average Bonchev–Trinajstić information content (AvgIpc) is 2.61. The maximum Gasteiger partial charge on any atom is 0.141 e. The fourth-order valence-corrected chi connectivity index (χ4v) is 1.80. The predicted molar refractivity (Wildman–Crippen MR) is 61.2 cm³/mol. The highest BCUT2D eigenvalue weighted by Gasteiger charge is 2.10. The minimum Gasteiger partial charge on any atom is -0.361 e. The van der Waals surface area contributed by atoms with Crippen LogP contribution in [-0.2, 0) is 11.2 Å². The van der Waals surface area contributed by atoms with Crippen molar-refractivity contribution < 1.29 is 9.32 Å². The number of rotatable bonds is 3. The van der Waals surface area contributed by atoms with Crippen LogP contribution in [0.25, 0.3) is 11.1 Å². The molecule has 3 heteroatoms. The molecule has 2 aromatic rings. The van der Waals surface area contributed by atoms with Gasteiger partial charge in [0.15, 0.2) is 0 Å². The van der Waals surface area contributed by atoms with Crippen molar-refractivity contribution in [1.29, 1.82) is 0 Å². The van der Waals surface area contributed by atoms with Crippen LogP contribution in [0.2, 0.25) is 0 Å². The molecule has 0 unspecified atom stereocenters. The number of benzene rings is 1. The van der Waals surface area contributed by atoms with E-state index in [4.69, 9.17) is 4.52 Å². The highest BCUT2D eigenvalue weighted by Crippen LogP contribution is 2.26. The summed E-state index contributed by atoms with van der Waals surface area (Å²) in [6.45, 7) is 3.82. The molecule has 0 aliphatic heterocycles. The Morgan fingerprint density at radius 2 is 1.94 bits per heavy atom. The Morgan fingerprint density at radius 1 is 1.25 bits per heavy atom. The molecule has 2 rings (SSSR count). The number of nitrogens with zero attached hydrogens (tertiary/aromatic N) is 1. The summed E-state index contributed by atoms with van der Waals surface area (Å²) in [6, 6.07) is 7.89. The third-order valence-corrected chi connectivity index (χ3v) is 2.60. The van der Waals surface area contributed by atoms with Crippen LogP contribution in [0, 0.1) is 13.8 Å². The Balaban J connectivity index is 2.38. The second-order valence-electron chi connectivity index (χ2n) is 3.77. The van der Waals surface area contributed by atoms with Crippen molar-refractivity contribution >= 4 is 6.29 Å². The first-order valence-electron chi connectivity index (χ1n) is 5.18. The van der Waals surface area contributed by atoms with Gasteiger partial charge in [-0.15, -0.1) is 0 Å². The van der Waals surface area contributed by atoms with E-state index in [1.807, 2.05) is 38.1 Å². The van der Waals surface area contributed by atoms with Crippen LogP contribution in [0.15, 0.2) is 28.8 Å². The second kappa shape index (κ2) is 4.31. The minimum absolute atomic E-state index is 0.460. The highest BCUT2D eigenvalue weighted by atomic mass is 16.5. The van der Waals surface area contributed by atoms with Crippen LogP contribution in [0.5, 0.6) is 0 Å². The zero-order chi connectivity index (χ0) is 11.5. The highest BCUT2D eigenvalue weighted by molar-refractivity contribution is 5.68. The van der Waals surface area contributed by atoms with Crippen LogP contribution in [0.4, 0.5) is 0 Å². The summed E-state index contributed by atoms with van der Waals surface area (Å²) in [7, 11) is 0. The van der Waals surface area contributed by atoms with Crippen LogP contribution < -0.4 is 0 Å². The van der Waals surface area contributed by atoms with E-state index in [0.717, 1.165) is 34.4 Å². The molecular formula is C13H13NO2. The lowest BCUT2D eigenvalue weighted by molar-refractivity contribution is -0.107. The van der Waals surface area contributed by atoms with E-state index < -0.39 is 0 Å². The van der Waals surface area contributed by atoms with Gasteiger partial charge in [-0.05, 0) is 25.0 Å². The molecule has 0 saturated carbocycles. The van der Waals surface area contributed by atoms with Gasteiger partial charge in [0, 0.05) is 12.0 Å². The normalized spacial score (nSPS) is 10.4. The molecule has 1 heterocycles. The summed E-state index contributed by atoms with van der Waals surface area (Å²) in [6.07, 6.45) is 1.37. The van der Waals surface area contributed by atoms with Crippen molar-refractivity contribution in [3.63, 3.8) is 0 Å². The maximum absolute atomic E-state index is 10.4. The Hall–Kier alpha value is -1.90. The number of hydrogen-bond donors (Lipinski definition) is 0. The molecule has 0 atom stereocenters. The van der Waals surface area contributed by atoms with Gasteiger partial charge >= 0.3 is 0 Å². The average molecular weight is 215 g/mol. The molecule has 82 valence electrons. The lowest BCUT2D eigenvalue weighted by Gasteiger charge is -2.01. The van der Waals surface area contributed by atoms with Gasteiger partial charge in [-0.2, -0.15) is 0 Å². The number of aromatic nitrogens is 1. The van der Waals surface area contributed by atoms with Crippen LogP contribution in [-0.4, -0.2) is 11.4 Å². The third-order valence-electron chi connectivity index (χ3n) is 2.60. The van der Waals surface area contributed by atoms with Gasteiger partial charge in [-0.3, -0.25) is 0 Å². The SMILES string of the molecule is Cc1noc(C)c1-c1ccc(CC=O)cc1. The van der Waals surface area contributed by atoms with E-state index in [0.29, 0.717) is 6.42 Å². The van der Waals surface area contributed by atoms with E-state index in [2.05, 4.69) is 5.16 Å². The fraction of sp³-hybridized carbons (Fsp3) is 0.231. The molecule has 0 spiro atoms. The Bertz CT molecular complexity index is 478. The number of aryl methyl sites for hydroxylation is 2. The molecule has 3 nitrogen and oxygen atoms in total. The van der Waals surface area contributed by atoms with Gasteiger partial charge in [0.25, 0.3) is 0 Å². The van der Waals surface area contributed by atoms with Gasteiger partial charge in [0.05, 0.1) is 5.69 Å². The quantitative estimate of drug-likeness (QED) is 0.739. The fourth-order valence-electron chi connectivity index (χ4n) is 1.80. The molecule has 0 bridgehead atoms. The standard InChI is InChI=1S/C13H13NO2/c1-9-13(10(2)16-14-9)12-5-3-11(4-6-12)7-8-15/h3-6,8H,7H2,1-2H3. The lowest BCUT2D eigenvalue weighted by Crippen LogP contribution is -1.86. The summed E-state index contributed by atoms with van der Waals surface area (Å²) in [4.78, 5) is 10.4.